The summed E-state index contributed by atoms with van der Waals surface area (Å²) in [6.07, 6.45) is 5.80. The van der Waals surface area contributed by atoms with Crippen LogP contribution in [0.25, 0.3) is 0 Å². The molecule has 1 aliphatic carbocycles. The fourth-order valence-electron chi connectivity index (χ4n) is 4.94. The molecule has 0 aliphatic heterocycles. The van der Waals surface area contributed by atoms with Gasteiger partial charge in [-0.05, 0) is 97.7 Å². The van der Waals surface area contributed by atoms with Gasteiger partial charge >= 0.3 is 5.97 Å². The second kappa shape index (κ2) is 12.6. The van der Waals surface area contributed by atoms with Crippen LogP contribution in [0.1, 0.15) is 65.5 Å². The number of anilines is 3. The maximum absolute atomic E-state index is 13.5. The maximum Gasteiger partial charge on any atom is 0.335 e. The number of rotatable bonds is 10. The van der Waals surface area contributed by atoms with E-state index >= 15 is 0 Å². The first-order valence-corrected chi connectivity index (χ1v) is 14.2. The van der Waals surface area contributed by atoms with E-state index in [1.807, 2.05) is 36.4 Å². The lowest BCUT2D eigenvalue weighted by molar-refractivity contribution is -0.105. The Hall–Kier alpha value is -4.76. The van der Waals surface area contributed by atoms with E-state index in [4.69, 9.17) is 5.11 Å². The largest absolute Gasteiger partial charge is 0.478 e. The fourth-order valence-corrected chi connectivity index (χ4v) is 6.22. The highest BCUT2D eigenvalue weighted by molar-refractivity contribution is 7.17. The first-order valence-electron chi connectivity index (χ1n) is 13.4. The van der Waals surface area contributed by atoms with Gasteiger partial charge in [-0.2, -0.15) is 0 Å². The second-order valence-corrected chi connectivity index (χ2v) is 11.0. The molecule has 0 saturated heterocycles. The molecule has 4 N–H and O–H groups in total. The number of hydrogen-bond acceptors (Lipinski definition) is 5. The molecule has 0 atom stereocenters. The molecule has 0 spiro atoms. The minimum Gasteiger partial charge on any atom is -0.478 e. The maximum atomic E-state index is 13.5. The van der Waals surface area contributed by atoms with Crippen molar-refractivity contribution < 1.29 is 24.3 Å². The molecule has 0 bridgehead atoms. The van der Waals surface area contributed by atoms with E-state index in [1.54, 1.807) is 36.4 Å². The Labute approximate surface area is 241 Å². The van der Waals surface area contributed by atoms with E-state index < -0.39 is 5.97 Å². The van der Waals surface area contributed by atoms with Gasteiger partial charge in [0.2, 0.25) is 6.41 Å². The van der Waals surface area contributed by atoms with Crippen molar-refractivity contribution in [2.24, 2.45) is 0 Å². The SMILES string of the molecule is O=CNc1cccc(C(=O)Nc2sc3c(c2C(=O)Nc2ccc(CCc4ccc(C(=O)O)cc4)cc2)CCCC3)c1. The zero-order chi connectivity index (χ0) is 28.8. The van der Waals surface area contributed by atoms with Crippen LogP contribution in [0.3, 0.4) is 0 Å². The van der Waals surface area contributed by atoms with Gasteiger partial charge in [0.1, 0.15) is 5.00 Å². The third-order valence-corrected chi connectivity index (χ3v) is 8.30. The number of benzene rings is 3. The number of carbonyl (C=O) groups is 4. The van der Waals surface area contributed by atoms with Crippen LogP contribution < -0.4 is 16.0 Å². The first-order chi connectivity index (χ1) is 19.9. The summed E-state index contributed by atoms with van der Waals surface area (Å²) in [6, 6.07) is 21.2. The molecule has 208 valence electrons. The zero-order valence-electron chi connectivity index (χ0n) is 22.2. The molecule has 3 aromatic carbocycles. The van der Waals surface area contributed by atoms with Gasteiger partial charge in [-0.25, -0.2) is 4.79 Å². The van der Waals surface area contributed by atoms with E-state index in [0.717, 1.165) is 60.1 Å². The summed E-state index contributed by atoms with van der Waals surface area (Å²) in [4.78, 5) is 49.6. The molecular formula is C32H29N3O5S. The number of hydrogen-bond donors (Lipinski definition) is 4. The topological polar surface area (TPSA) is 125 Å². The van der Waals surface area contributed by atoms with Crippen LogP contribution in [0.15, 0.2) is 72.8 Å². The lowest BCUT2D eigenvalue weighted by atomic mass is 9.95. The Bertz CT molecular complexity index is 1590. The van der Waals surface area contributed by atoms with Crippen molar-refractivity contribution in [2.45, 2.75) is 38.5 Å². The van der Waals surface area contributed by atoms with Crippen LogP contribution in [0.2, 0.25) is 0 Å². The van der Waals surface area contributed by atoms with Gasteiger partial charge in [0.05, 0.1) is 11.1 Å². The normalized spacial score (nSPS) is 12.2. The van der Waals surface area contributed by atoms with Crippen LogP contribution in [-0.2, 0) is 30.5 Å². The molecule has 5 rings (SSSR count). The molecule has 0 unspecified atom stereocenters. The van der Waals surface area contributed by atoms with Crippen molar-refractivity contribution in [3.05, 3.63) is 111 Å². The number of aromatic carboxylic acids is 1. The van der Waals surface area contributed by atoms with Crippen molar-refractivity contribution in [1.29, 1.82) is 0 Å². The number of carbonyl (C=O) groups excluding carboxylic acids is 3. The summed E-state index contributed by atoms with van der Waals surface area (Å²) in [5, 5.41) is 18.1. The number of thiophene rings is 1. The van der Waals surface area contributed by atoms with E-state index in [2.05, 4.69) is 16.0 Å². The Morgan fingerprint density at radius 2 is 1.46 bits per heavy atom. The Morgan fingerprint density at radius 3 is 2.15 bits per heavy atom. The summed E-state index contributed by atoms with van der Waals surface area (Å²) in [5.41, 5.74) is 5.46. The third kappa shape index (κ3) is 6.70. The van der Waals surface area contributed by atoms with Gasteiger partial charge in [0, 0.05) is 21.8 Å². The smallest absolute Gasteiger partial charge is 0.335 e. The number of amides is 3. The number of fused-ring (bicyclic) bond motifs is 1. The van der Waals surface area contributed by atoms with Gasteiger partial charge in [-0.3, -0.25) is 14.4 Å². The van der Waals surface area contributed by atoms with Gasteiger partial charge in [-0.1, -0.05) is 30.3 Å². The molecule has 1 heterocycles. The standard InChI is InChI=1S/C32H29N3O5S/c36-19-33-25-5-3-4-23(18-25)29(37)35-31-28(26-6-1-2-7-27(26)41-31)30(38)34-24-16-12-21(13-17-24)9-8-20-10-14-22(15-11-20)32(39)40/h3-5,10-19H,1-2,6-9H2,(H,33,36)(H,34,38)(H,35,37)(H,39,40). The molecule has 0 saturated carbocycles. The molecule has 3 amide bonds. The number of nitrogens with one attached hydrogen (secondary N) is 3. The molecular weight excluding hydrogens is 538 g/mol. The second-order valence-electron chi connectivity index (χ2n) is 9.87. The van der Waals surface area contributed by atoms with Crippen molar-refractivity contribution >= 4 is 51.9 Å². The van der Waals surface area contributed by atoms with Crippen molar-refractivity contribution in [2.75, 3.05) is 16.0 Å². The fraction of sp³-hybridized carbons (Fsp3) is 0.188. The molecule has 1 aromatic heterocycles. The van der Waals surface area contributed by atoms with Crippen LogP contribution >= 0.6 is 11.3 Å². The molecule has 4 aromatic rings. The molecule has 9 heteroatoms. The molecule has 0 fully saturated rings. The van der Waals surface area contributed by atoms with E-state index in [0.29, 0.717) is 33.9 Å². The highest BCUT2D eigenvalue weighted by Gasteiger charge is 2.27. The quantitative estimate of drug-likeness (QED) is 0.170. The van der Waals surface area contributed by atoms with E-state index in [-0.39, 0.29) is 17.4 Å². The Kier molecular flexibility index (Phi) is 8.55. The summed E-state index contributed by atoms with van der Waals surface area (Å²) < 4.78 is 0. The number of carboxylic acids is 1. The zero-order valence-corrected chi connectivity index (χ0v) is 23.1. The number of aryl methyl sites for hydroxylation is 3. The minimum atomic E-state index is -0.940. The predicted molar refractivity (Wildman–Crippen MR) is 160 cm³/mol. The highest BCUT2D eigenvalue weighted by Crippen LogP contribution is 2.39. The summed E-state index contributed by atoms with van der Waals surface area (Å²) in [7, 11) is 0. The molecule has 0 radical (unpaired) electrons. The van der Waals surface area contributed by atoms with Gasteiger partial charge in [0.25, 0.3) is 11.8 Å². The van der Waals surface area contributed by atoms with Gasteiger partial charge in [-0.15, -0.1) is 11.3 Å². The molecule has 1 aliphatic rings. The van der Waals surface area contributed by atoms with Gasteiger partial charge < -0.3 is 21.1 Å². The average molecular weight is 568 g/mol. The average Bonchev–Trinajstić information content (AvgIpc) is 3.35. The highest BCUT2D eigenvalue weighted by atomic mass is 32.1. The van der Waals surface area contributed by atoms with Crippen molar-refractivity contribution in [3.63, 3.8) is 0 Å². The third-order valence-electron chi connectivity index (χ3n) is 7.09. The molecule has 41 heavy (non-hydrogen) atoms. The van der Waals surface area contributed by atoms with Crippen LogP contribution in [0, 0.1) is 0 Å². The number of carboxylic acid groups (broad SMARTS) is 1. The Balaban J connectivity index is 1.28. The van der Waals surface area contributed by atoms with E-state index in [1.165, 1.54) is 11.3 Å². The minimum absolute atomic E-state index is 0.262. The van der Waals surface area contributed by atoms with Crippen LogP contribution in [0.4, 0.5) is 16.4 Å². The Morgan fingerprint density at radius 1 is 0.780 bits per heavy atom. The summed E-state index contributed by atoms with van der Waals surface area (Å²) in [5.74, 6) is -1.55. The van der Waals surface area contributed by atoms with Gasteiger partial charge in [0.15, 0.2) is 0 Å². The predicted octanol–water partition coefficient (Wildman–Crippen LogP) is 6.18. The monoisotopic (exact) mass is 567 g/mol. The van der Waals surface area contributed by atoms with Crippen molar-refractivity contribution in [3.8, 4) is 0 Å². The van der Waals surface area contributed by atoms with Crippen LogP contribution in [0.5, 0.6) is 0 Å². The summed E-state index contributed by atoms with van der Waals surface area (Å²) >= 11 is 1.45. The first kappa shape index (κ1) is 27.8. The van der Waals surface area contributed by atoms with Crippen LogP contribution in [-0.4, -0.2) is 29.3 Å². The molecule has 8 nitrogen and oxygen atoms in total. The lowest BCUT2D eigenvalue weighted by Crippen LogP contribution is -2.18. The van der Waals surface area contributed by atoms with E-state index in [9.17, 15) is 19.2 Å². The van der Waals surface area contributed by atoms with Crippen molar-refractivity contribution in [1.82, 2.24) is 0 Å². The lowest BCUT2D eigenvalue weighted by Gasteiger charge is -2.14. The summed E-state index contributed by atoms with van der Waals surface area (Å²) in [6.45, 7) is 0.